The number of rotatable bonds is 5. The molecule has 1 aliphatic rings. The summed E-state index contributed by atoms with van der Waals surface area (Å²) in [6, 6.07) is 6.43. The Bertz CT molecular complexity index is 818. The lowest BCUT2D eigenvalue weighted by atomic mass is 9.95. The molecule has 7 nitrogen and oxygen atoms in total. The van der Waals surface area contributed by atoms with Crippen molar-refractivity contribution in [3.63, 3.8) is 0 Å². The van der Waals surface area contributed by atoms with E-state index in [1.807, 2.05) is 12.4 Å². The maximum Gasteiger partial charge on any atom is 0.200 e. The zero-order chi connectivity index (χ0) is 16.4. The second-order valence-corrected chi connectivity index (χ2v) is 6.11. The van der Waals surface area contributed by atoms with E-state index >= 15 is 0 Å². The second kappa shape index (κ2) is 6.52. The first-order chi connectivity index (χ1) is 11.8. The van der Waals surface area contributed by atoms with E-state index in [9.17, 15) is 0 Å². The molecule has 0 aliphatic carbocycles. The summed E-state index contributed by atoms with van der Waals surface area (Å²) in [4.78, 5) is 4.08. The van der Waals surface area contributed by atoms with Crippen molar-refractivity contribution >= 4 is 11.3 Å². The van der Waals surface area contributed by atoms with E-state index in [1.54, 1.807) is 10.8 Å². The van der Waals surface area contributed by atoms with Gasteiger partial charge in [-0.2, -0.15) is 9.61 Å². The first kappa shape index (κ1) is 15.0. The Morgan fingerprint density at radius 2 is 2.17 bits per heavy atom. The molecule has 24 heavy (non-hydrogen) atoms. The number of pyridine rings is 1. The van der Waals surface area contributed by atoms with Crippen LogP contribution in [0.15, 0.2) is 36.9 Å². The van der Waals surface area contributed by atoms with Crippen LogP contribution in [0.1, 0.15) is 18.2 Å². The van der Waals surface area contributed by atoms with E-state index in [2.05, 4.69) is 50.7 Å². The molecule has 0 saturated carbocycles. The SMILES string of the molecule is CCc1cc(N[C@@H]2COC[C@H]2Cc2ccncc2)c2nncn2n1. The number of hydrogen-bond donors (Lipinski definition) is 1. The molecule has 4 rings (SSSR count). The molecule has 0 radical (unpaired) electrons. The summed E-state index contributed by atoms with van der Waals surface area (Å²) in [5.74, 6) is 0.411. The van der Waals surface area contributed by atoms with Crippen LogP contribution >= 0.6 is 0 Å². The van der Waals surface area contributed by atoms with Crippen molar-refractivity contribution in [3.05, 3.63) is 48.2 Å². The van der Waals surface area contributed by atoms with Gasteiger partial charge in [0.2, 0.25) is 5.65 Å². The Kier molecular flexibility index (Phi) is 4.08. The summed E-state index contributed by atoms with van der Waals surface area (Å²) < 4.78 is 7.46. The van der Waals surface area contributed by atoms with Crippen LogP contribution in [0.5, 0.6) is 0 Å². The topological polar surface area (TPSA) is 77.2 Å². The molecule has 7 heteroatoms. The van der Waals surface area contributed by atoms with Crippen LogP contribution in [0, 0.1) is 5.92 Å². The number of ether oxygens (including phenoxy) is 1. The van der Waals surface area contributed by atoms with E-state index in [-0.39, 0.29) is 6.04 Å². The largest absolute Gasteiger partial charge is 0.379 e. The van der Waals surface area contributed by atoms with Gasteiger partial charge in [0.25, 0.3) is 0 Å². The van der Waals surface area contributed by atoms with Gasteiger partial charge >= 0.3 is 0 Å². The maximum atomic E-state index is 5.73. The fourth-order valence-corrected chi connectivity index (χ4v) is 3.14. The van der Waals surface area contributed by atoms with Gasteiger partial charge in [-0.05, 0) is 36.6 Å². The molecule has 0 spiro atoms. The molecule has 3 aromatic heterocycles. The highest BCUT2D eigenvalue weighted by molar-refractivity contribution is 5.67. The van der Waals surface area contributed by atoms with Crippen molar-refractivity contribution < 1.29 is 4.74 Å². The molecule has 4 heterocycles. The predicted octanol–water partition coefficient (Wildman–Crippen LogP) is 1.75. The van der Waals surface area contributed by atoms with Crippen LogP contribution in [0.2, 0.25) is 0 Å². The van der Waals surface area contributed by atoms with Crippen LogP contribution < -0.4 is 5.32 Å². The minimum absolute atomic E-state index is 0.241. The summed E-state index contributed by atoms with van der Waals surface area (Å²) in [6.45, 7) is 3.54. The summed E-state index contributed by atoms with van der Waals surface area (Å²) in [7, 11) is 0. The van der Waals surface area contributed by atoms with Crippen LogP contribution in [0.3, 0.4) is 0 Å². The van der Waals surface area contributed by atoms with Gasteiger partial charge in [0.1, 0.15) is 6.33 Å². The van der Waals surface area contributed by atoms with Crippen molar-refractivity contribution in [2.45, 2.75) is 25.8 Å². The maximum absolute atomic E-state index is 5.73. The molecule has 1 aliphatic heterocycles. The summed E-state index contributed by atoms with van der Waals surface area (Å²) in [5, 5.41) is 16.3. The molecule has 1 saturated heterocycles. The standard InChI is InChI=1S/C17H20N6O/c1-2-14-8-15(17-21-19-11-23(17)22-14)20-16-10-24-9-13(16)7-12-3-5-18-6-4-12/h3-6,8,11,13,16,20H,2,7,9-10H2,1H3/t13-,16-/m1/s1. The minimum Gasteiger partial charge on any atom is -0.379 e. The molecule has 3 aromatic rings. The van der Waals surface area contributed by atoms with Crippen molar-refractivity contribution in [3.8, 4) is 0 Å². The van der Waals surface area contributed by atoms with E-state index < -0.39 is 0 Å². The highest BCUT2D eigenvalue weighted by Gasteiger charge is 2.29. The molecule has 0 unspecified atom stereocenters. The normalized spacial score (nSPS) is 20.5. The van der Waals surface area contributed by atoms with Crippen LogP contribution in [-0.4, -0.2) is 44.1 Å². The molecule has 1 fully saturated rings. The van der Waals surface area contributed by atoms with Gasteiger partial charge in [0.05, 0.1) is 30.6 Å². The van der Waals surface area contributed by atoms with Crippen LogP contribution in [0.4, 0.5) is 5.69 Å². The van der Waals surface area contributed by atoms with Crippen LogP contribution in [0.25, 0.3) is 5.65 Å². The number of aromatic nitrogens is 5. The fraction of sp³-hybridized carbons (Fsp3) is 0.412. The highest BCUT2D eigenvalue weighted by atomic mass is 16.5. The predicted molar refractivity (Wildman–Crippen MR) is 89.8 cm³/mol. The van der Waals surface area contributed by atoms with Gasteiger partial charge < -0.3 is 10.1 Å². The molecule has 1 N–H and O–H groups in total. The zero-order valence-corrected chi connectivity index (χ0v) is 13.6. The third-order valence-corrected chi connectivity index (χ3v) is 4.47. The smallest absolute Gasteiger partial charge is 0.200 e. The van der Waals surface area contributed by atoms with E-state index in [4.69, 9.17) is 4.74 Å². The third-order valence-electron chi connectivity index (χ3n) is 4.47. The third kappa shape index (κ3) is 2.94. The van der Waals surface area contributed by atoms with Crippen molar-refractivity contribution in [2.24, 2.45) is 5.92 Å². The number of nitrogens with one attached hydrogen (secondary N) is 1. The molecule has 0 aromatic carbocycles. The first-order valence-corrected chi connectivity index (χ1v) is 8.26. The summed E-state index contributed by atoms with van der Waals surface area (Å²) in [6.07, 6.45) is 7.14. The second-order valence-electron chi connectivity index (χ2n) is 6.11. The Morgan fingerprint density at radius 3 is 3.00 bits per heavy atom. The van der Waals surface area contributed by atoms with Gasteiger partial charge in [0, 0.05) is 18.3 Å². The monoisotopic (exact) mass is 324 g/mol. The first-order valence-electron chi connectivity index (χ1n) is 8.26. The van der Waals surface area contributed by atoms with Gasteiger partial charge in [0.15, 0.2) is 0 Å². The van der Waals surface area contributed by atoms with Crippen molar-refractivity contribution in [1.29, 1.82) is 0 Å². The van der Waals surface area contributed by atoms with E-state index in [0.29, 0.717) is 12.5 Å². The minimum atomic E-state index is 0.241. The molecule has 0 bridgehead atoms. The molecule has 0 amide bonds. The molecular formula is C17H20N6O. The Labute approximate surface area is 140 Å². The lowest BCUT2D eigenvalue weighted by molar-refractivity contribution is 0.185. The van der Waals surface area contributed by atoms with Gasteiger partial charge in [-0.25, -0.2) is 0 Å². The molecule has 2 atom stereocenters. The quantitative estimate of drug-likeness (QED) is 0.770. The van der Waals surface area contributed by atoms with Crippen molar-refractivity contribution in [1.82, 2.24) is 24.8 Å². The lowest BCUT2D eigenvalue weighted by Gasteiger charge is -2.20. The summed E-state index contributed by atoms with van der Waals surface area (Å²) in [5.41, 5.74) is 4.01. The number of hydrogen-bond acceptors (Lipinski definition) is 6. The number of nitrogens with zero attached hydrogens (tertiary/aromatic N) is 5. The Morgan fingerprint density at radius 1 is 1.29 bits per heavy atom. The number of aryl methyl sites for hydroxylation is 1. The average Bonchev–Trinajstić information content (AvgIpc) is 3.25. The zero-order valence-electron chi connectivity index (χ0n) is 13.6. The Hall–Kier alpha value is -2.54. The number of anilines is 1. The van der Waals surface area contributed by atoms with Crippen molar-refractivity contribution in [2.75, 3.05) is 18.5 Å². The van der Waals surface area contributed by atoms with Crippen LogP contribution in [-0.2, 0) is 17.6 Å². The van der Waals surface area contributed by atoms with Gasteiger partial charge in [-0.1, -0.05) is 6.92 Å². The van der Waals surface area contributed by atoms with Gasteiger partial charge in [-0.15, -0.1) is 10.2 Å². The molecular weight excluding hydrogens is 304 g/mol. The number of fused-ring (bicyclic) bond motifs is 1. The highest BCUT2D eigenvalue weighted by Crippen LogP contribution is 2.24. The fourth-order valence-electron chi connectivity index (χ4n) is 3.14. The molecule has 124 valence electrons. The lowest BCUT2D eigenvalue weighted by Crippen LogP contribution is -2.29. The van der Waals surface area contributed by atoms with Gasteiger partial charge in [-0.3, -0.25) is 4.98 Å². The van der Waals surface area contributed by atoms with E-state index in [1.165, 1.54) is 5.56 Å². The average molecular weight is 324 g/mol. The van der Waals surface area contributed by atoms with E-state index in [0.717, 1.165) is 36.5 Å². The Balaban J connectivity index is 1.57. The summed E-state index contributed by atoms with van der Waals surface area (Å²) >= 11 is 0.